The molecule has 0 saturated carbocycles. The molecule has 0 unspecified atom stereocenters. The van der Waals surface area contributed by atoms with Gasteiger partial charge in [-0.1, -0.05) is 6.92 Å². The van der Waals surface area contributed by atoms with Crippen LogP contribution in [0.3, 0.4) is 0 Å². The standard InChI is InChI=1S/C11H14N2O2/c1-2-11(7-15-8-11)10(14)13-9-4-3-5-12-6-9/h3-6H,2,7-8H2,1H3,(H,13,14). The summed E-state index contributed by atoms with van der Waals surface area (Å²) in [6.07, 6.45) is 4.12. The molecule has 80 valence electrons. The maximum absolute atomic E-state index is 11.9. The van der Waals surface area contributed by atoms with E-state index in [9.17, 15) is 4.79 Å². The van der Waals surface area contributed by atoms with E-state index >= 15 is 0 Å². The zero-order chi connectivity index (χ0) is 10.7. The first-order valence-electron chi connectivity index (χ1n) is 5.06. The number of nitrogens with zero attached hydrogens (tertiary/aromatic N) is 1. The third-order valence-electron chi connectivity index (χ3n) is 2.83. The van der Waals surface area contributed by atoms with E-state index in [1.54, 1.807) is 18.5 Å². The Bertz CT molecular complexity index is 341. The second-order valence-electron chi connectivity index (χ2n) is 3.82. The number of carbonyl (C=O) groups is 1. The number of amides is 1. The van der Waals surface area contributed by atoms with Gasteiger partial charge in [0.05, 0.1) is 30.5 Å². The van der Waals surface area contributed by atoms with Crippen molar-refractivity contribution in [2.45, 2.75) is 13.3 Å². The first-order chi connectivity index (χ1) is 7.27. The lowest BCUT2D eigenvalue weighted by Crippen LogP contribution is -2.51. The van der Waals surface area contributed by atoms with Crippen LogP contribution in [-0.4, -0.2) is 24.1 Å². The average molecular weight is 206 g/mol. The Labute approximate surface area is 88.7 Å². The van der Waals surface area contributed by atoms with E-state index in [2.05, 4.69) is 10.3 Å². The summed E-state index contributed by atoms with van der Waals surface area (Å²) in [5.74, 6) is 0.0317. The summed E-state index contributed by atoms with van der Waals surface area (Å²) in [6.45, 7) is 3.05. The molecule has 0 radical (unpaired) electrons. The number of rotatable bonds is 3. The molecule has 0 atom stereocenters. The number of carbonyl (C=O) groups excluding carboxylic acids is 1. The van der Waals surface area contributed by atoms with Crippen molar-refractivity contribution < 1.29 is 9.53 Å². The molecular weight excluding hydrogens is 192 g/mol. The van der Waals surface area contributed by atoms with E-state index < -0.39 is 0 Å². The van der Waals surface area contributed by atoms with Gasteiger partial charge in [0.25, 0.3) is 0 Å². The van der Waals surface area contributed by atoms with E-state index in [0.29, 0.717) is 13.2 Å². The van der Waals surface area contributed by atoms with Crippen LogP contribution in [0, 0.1) is 5.41 Å². The number of hydrogen-bond acceptors (Lipinski definition) is 3. The van der Waals surface area contributed by atoms with Gasteiger partial charge in [-0.15, -0.1) is 0 Å². The van der Waals surface area contributed by atoms with Crippen LogP contribution in [0.5, 0.6) is 0 Å². The molecule has 15 heavy (non-hydrogen) atoms. The molecular formula is C11H14N2O2. The van der Waals surface area contributed by atoms with Crippen molar-refractivity contribution in [2.24, 2.45) is 5.41 Å². The van der Waals surface area contributed by atoms with Crippen LogP contribution in [0.4, 0.5) is 5.69 Å². The molecule has 1 aromatic heterocycles. The second-order valence-corrected chi connectivity index (χ2v) is 3.82. The minimum atomic E-state index is -0.324. The predicted molar refractivity (Wildman–Crippen MR) is 56.4 cm³/mol. The third-order valence-corrected chi connectivity index (χ3v) is 2.83. The monoisotopic (exact) mass is 206 g/mol. The molecule has 1 fully saturated rings. The molecule has 0 bridgehead atoms. The highest BCUT2D eigenvalue weighted by atomic mass is 16.5. The lowest BCUT2D eigenvalue weighted by atomic mass is 9.82. The van der Waals surface area contributed by atoms with Crippen molar-refractivity contribution in [2.75, 3.05) is 18.5 Å². The van der Waals surface area contributed by atoms with Crippen molar-refractivity contribution in [3.05, 3.63) is 24.5 Å². The highest BCUT2D eigenvalue weighted by Gasteiger charge is 2.44. The van der Waals surface area contributed by atoms with Gasteiger partial charge < -0.3 is 10.1 Å². The zero-order valence-corrected chi connectivity index (χ0v) is 8.69. The van der Waals surface area contributed by atoms with Crippen LogP contribution in [0.25, 0.3) is 0 Å². The average Bonchev–Trinajstić information content (AvgIpc) is 2.18. The molecule has 1 amide bonds. The summed E-state index contributed by atoms with van der Waals surface area (Å²) < 4.78 is 5.11. The Balaban J connectivity index is 2.04. The molecule has 4 heteroatoms. The number of anilines is 1. The zero-order valence-electron chi connectivity index (χ0n) is 8.69. The Kier molecular flexibility index (Phi) is 2.68. The third kappa shape index (κ3) is 1.85. The smallest absolute Gasteiger partial charge is 0.235 e. The van der Waals surface area contributed by atoms with E-state index in [0.717, 1.165) is 12.1 Å². The summed E-state index contributed by atoms with van der Waals surface area (Å²) in [5.41, 5.74) is 0.415. The second kappa shape index (κ2) is 3.98. The molecule has 2 heterocycles. The van der Waals surface area contributed by atoms with Crippen LogP contribution >= 0.6 is 0 Å². The Morgan fingerprint density at radius 1 is 1.67 bits per heavy atom. The minimum Gasteiger partial charge on any atom is -0.379 e. The van der Waals surface area contributed by atoms with Crippen molar-refractivity contribution >= 4 is 11.6 Å². The topological polar surface area (TPSA) is 51.2 Å². The lowest BCUT2D eigenvalue weighted by molar-refractivity contribution is -0.156. The summed E-state index contributed by atoms with van der Waals surface area (Å²) >= 11 is 0. The summed E-state index contributed by atoms with van der Waals surface area (Å²) in [5, 5.41) is 2.85. The SMILES string of the molecule is CCC1(C(=O)Nc2cccnc2)COC1. The van der Waals surface area contributed by atoms with Crippen molar-refractivity contribution in [1.29, 1.82) is 0 Å². The molecule has 0 aliphatic carbocycles. The van der Waals surface area contributed by atoms with Gasteiger partial charge in [-0.2, -0.15) is 0 Å². The molecule has 1 saturated heterocycles. The molecule has 4 nitrogen and oxygen atoms in total. The highest BCUT2D eigenvalue weighted by Crippen LogP contribution is 2.32. The fourth-order valence-corrected chi connectivity index (χ4v) is 1.54. The van der Waals surface area contributed by atoms with Gasteiger partial charge in [-0.05, 0) is 18.6 Å². The van der Waals surface area contributed by atoms with Gasteiger partial charge in [-0.25, -0.2) is 0 Å². The summed E-state index contributed by atoms with van der Waals surface area (Å²) in [6, 6.07) is 3.62. The molecule has 1 aliphatic heterocycles. The number of ether oxygens (including phenoxy) is 1. The molecule has 0 aromatic carbocycles. The molecule has 1 aromatic rings. The predicted octanol–water partition coefficient (Wildman–Crippen LogP) is 1.45. The number of hydrogen-bond donors (Lipinski definition) is 1. The normalized spacial score (nSPS) is 17.9. The summed E-state index contributed by atoms with van der Waals surface area (Å²) in [7, 11) is 0. The van der Waals surface area contributed by atoms with Gasteiger partial charge in [0.15, 0.2) is 0 Å². The van der Waals surface area contributed by atoms with Gasteiger partial charge >= 0.3 is 0 Å². The van der Waals surface area contributed by atoms with E-state index in [1.165, 1.54) is 0 Å². The van der Waals surface area contributed by atoms with Crippen LogP contribution in [0.1, 0.15) is 13.3 Å². The molecule has 2 rings (SSSR count). The van der Waals surface area contributed by atoms with E-state index in [1.807, 2.05) is 13.0 Å². The van der Waals surface area contributed by atoms with Crippen LogP contribution in [0.2, 0.25) is 0 Å². The van der Waals surface area contributed by atoms with Gasteiger partial charge in [0, 0.05) is 6.20 Å². The highest BCUT2D eigenvalue weighted by molar-refractivity contribution is 5.95. The number of aromatic nitrogens is 1. The van der Waals surface area contributed by atoms with Gasteiger partial charge in [0.1, 0.15) is 0 Å². The minimum absolute atomic E-state index is 0.0317. The van der Waals surface area contributed by atoms with Gasteiger partial charge in [-0.3, -0.25) is 9.78 Å². The fraction of sp³-hybridized carbons (Fsp3) is 0.455. The quantitative estimate of drug-likeness (QED) is 0.814. The van der Waals surface area contributed by atoms with Crippen LogP contribution < -0.4 is 5.32 Å². The first kappa shape index (κ1) is 10.1. The van der Waals surface area contributed by atoms with Crippen molar-refractivity contribution in [3.8, 4) is 0 Å². The van der Waals surface area contributed by atoms with Crippen molar-refractivity contribution in [1.82, 2.24) is 4.98 Å². The maximum Gasteiger partial charge on any atom is 0.235 e. The number of pyridine rings is 1. The fourth-order valence-electron chi connectivity index (χ4n) is 1.54. The van der Waals surface area contributed by atoms with Crippen molar-refractivity contribution in [3.63, 3.8) is 0 Å². The lowest BCUT2D eigenvalue weighted by Gasteiger charge is -2.38. The molecule has 0 spiro atoms. The largest absolute Gasteiger partial charge is 0.379 e. The molecule has 1 aliphatic rings. The summed E-state index contributed by atoms with van der Waals surface area (Å²) in [4.78, 5) is 15.9. The Morgan fingerprint density at radius 3 is 2.93 bits per heavy atom. The van der Waals surface area contributed by atoms with E-state index in [-0.39, 0.29) is 11.3 Å². The Hall–Kier alpha value is -1.42. The number of nitrogens with one attached hydrogen (secondary N) is 1. The first-order valence-corrected chi connectivity index (χ1v) is 5.06. The Morgan fingerprint density at radius 2 is 2.47 bits per heavy atom. The maximum atomic E-state index is 11.9. The van der Waals surface area contributed by atoms with Gasteiger partial charge in [0.2, 0.25) is 5.91 Å². The van der Waals surface area contributed by atoms with E-state index in [4.69, 9.17) is 4.74 Å². The van der Waals surface area contributed by atoms with Crippen LogP contribution in [-0.2, 0) is 9.53 Å². The van der Waals surface area contributed by atoms with Crippen LogP contribution in [0.15, 0.2) is 24.5 Å². The molecule has 1 N–H and O–H groups in total.